The van der Waals surface area contributed by atoms with Gasteiger partial charge in [0.25, 0.3) is 5.56 Å². The Hall–Kier alpha value is -1.36. The first kappa shape index (κ1) is 10.2. The first-order valence-corrected chi connectivity index (χ1v) is 5.18. The lowest BCUT2D eigenvalue weighted by molar-refractivity contribution is 0.480. The van der Waals surface area contributed by atoms with E-state index in [-0.39, 0.29) is 5.56 Å². The first-order valence-electron chi connectivity index (χ1n) is 5.18. The lowest BCUT2D eigenvalue weighted by Gasteiger charge is -2.32. The second-order valence-electron chi connectivity index (χ2n) is 3.97. The number of piperazine rings is 1. The summed E-state index contributed by atoms with van der Waals surface area (Å²) in [5, 5.41) is 3.34. The molecule has 82 valence electrons. The second-order valence-corrected chi connectivity index (χ2v) is 3.97. The molecule has 0 amide bonds. The summed E-state index contributed by atoms with van der Waals surface area (Å²) in [5.41, 5.74) is -0.0217. The van der Waals surface area contributed by atoms with Crippen LogP contribution in [0.25, 0.3) is 0 Å². The summed E-state index contributed by atoms with van der Waals surface area (Å²) in [5.74, 6) is 0.563. The van der Waals surface area contributed by atoms with Crippen molar-refractivity contribution in [1.82, 2.24) is 14.9 Å². The lowest BCUT2D eigenvalue weighted by Crippen LogP contribution is -2.51. The van der Waals surface area contributed by atoms with Crippen molar-refractivity contribution in [3.8, 4) is 0 Å². The summed E-state index contributed by atoms with van der Waals surface area (Å²) in [7, 11) is 1.75. The van der Waals surface area contributed by atoms with Crippen molar-refractivity contribution in [2.45, 2.75) is 13.0 Å². The minimum atomic E-state index is -0.0217. The van der Waals surface area contributed by atoms with E-state index in [9.17, 15) is 4.79 Å². The average Bonchev–Trinajstić information content (AvgIpc) is 2.22. The third-order valence-electron chi connectivity index (χ3n) is 2.67. The van der Waals surface area contributed by atoms with Crippen molar-refractivity contribution in [2.75, 3.05) is 24.5 Å². The highest BCUT2D eigenvalue weighted by Crippen LogP contribution is 2.06. The largest absolute Gasteiger partial charge is 0.349 e. The molecule has 1 aromatic rings. The van der Waals surface area contributed by atoms with Gasteiger partial charge in [-0.1, -0.05) is 0 Å². The average molecular weight is 208 g/mol. The van der Waals surface area contributed by atoms with E-state index in [0.717, 1.165) is 19.6 Å². The van der Waals surface area contributed by atoms with Crippen LogP contribution in [-0.2, 0) is 7.05 Å². The molecule has 1 aromatic heterocycles. The van der Waals surface area contributed by atoms with Crippen LogP contribution in [0.4, 0.5) is 5.82 Å². The first-order chi connectivity index (χ1) is 7.18. The standard InChI is InChI=1S/C10H16N4O/c1-8-7-14(6-4-11-8)9-10(15)13(2)5-3-12-9/h3,5,8,11H,4,6-7H2,1-2H3. The Kier molecular flexibility index (Phi) is 2.73. The smallest absolute Gasteiger partial charge is 0.293 e. The number of nitrogens with one attached hydrogen (secondary N) is 1. The van der Waals surface area contributed by atoms with Crippen molar-refractivity contribution in [3.05, 3.63) is 22.7 Å². The fourth-order valence-electron chi connectivity index (χ4n) is 1.83. The summed E-state index contributed by atoms with van der Waals surface area (Å²) in [6.45, 7) is 4.70. The number of hydrogen-bond acceptors (Lipinski definition) is 4. The number of aryl methyl sites for hydroxylation is 1. The zero-order chi connectivity index (χ0) is 10.8. The van der Waals surface area contributed by atoms with Crippen LogP contribution in [0.3, 0.4) is 0 Å². The predicted octanol–water partition coefficient (Wildman–Crippen LogP) is -0.422. The number of hydrogen-bond donors (Lipinski definition) is 1. The molecule has 5 heteroatoms. The van der Waals surface area contributed by atoms with E-state index < -0.39 is 0 Å². The van der Waals surface area contributed by atoms with Crippen LogP contribution in [0.1, 0.15) is 6.92 Å². The molecular formula is C10H16N4O. The van der Waals surface area contributed by atoms with Gasteiger partial charge in [-0.3, -0.25) is 4.79 Å². The van der Waals surface area contributed by atoms with Crippen LogP contribution in [0.2, 0.25) is 0 Å². The molecule has 0 radical (unpaired) electrons. The molecule has 0 bridgehead atoms. The van der Waals surface area contributed by atoms with Crippen LogP contribution >= 0.6 is 0 Å². The maximum atomic E-state index is 11.8. The highest BCUT2D eigenvalue weighted by molar-refractivity contribution is 5.36. The second kappa shape index (κ2) is 4.02. The van der Waals surface area contributed by atoms with Gasteiger partial charge < -0.3 is 14.8 Å². The molecular weight excluding hydrogens is 192 g/mol. The van der Waals surface area contributed by atoms with Gasteiger partial charge in [0.1, 0.15) is 0 Å². The predicted molar refractivity (Wildman–Crippen MR) is 59.2 cm³/mol. The fraction of sp³-hybridized carbons (Fsp3) is 0.600. The van der Waals surface area contributed by atoms with Gasteiger partial charge >= 0.3 is 0 Å². The Labute approximate surface area is 88.7 Å². The summed E-state index contributed by atoms with van der Waals surface area (Å²) in [4.78, 5) is 18.0. The molecule has 5 nitrogen and oxygen atoms in total. The molecule has 15 heavy (non-hydrogen) atoms. The Morgan fingerprint density at radius 2 is 2.40 bits per heavy atom. The Morgan fingerprint density at radius 3 is 3.13 bits per heavy atom. The van der Waals surface area contributed by atoms with Crippen LogP contribution in [0.5, 0.6) is 0 Å². The molecule has 1 atom stereocenters. The van der Waals surface area contributed by atoms with E-state index in [1.54, 1.807) is 24.0 Å². The van der Waals surface area contributed by atoms with Crippen molar-refractivity contribution in [2.24, 2.45) is 7.05 Å². The van der Waals surface area contributed by atoms with Gasteiger partial charge in [-0.15, -0.1) is 0 Å². The zero-order valence-corrected chi connectivity index (χ0v) is 9.10. The highest BCUT2D eigenvalue weighted by Gasteiger charge is 2.19. The summed E-state index contributed by atoms with van der Waals surface area (Å²) >= 11 is 0. The SMILES string of the molecule is CC1CN(c2nccn(C)c2=O)CCN1. The van der Waals surface area contributed by atoms with Gasteiger partial charge in [-0.2, -0.15) is 0 Å². The van der Waals surface area contributed by atoms with Gasteiger partial charge in [0.2, 0.25) is 0 Å². The van der Waals surface area contributed by atoms with Crippen LogP contribution in [0, 0.1) is 0 Å². The van der Waals surface area contributed by atoms with Crippen molar-refractivity contribution in [3.63, 3.8) is 0 Å². The van der Waals surface area contributed by atoms with E-state index in [2.05, 4.69) is 17.2 Å². The van der Waals surface area contributed by atoms with Crippen molar-refractivity contribution < 1.29 is 0 Å². The molecule has 0 aromatic carbocycles. The molecule has 1 saturated heterocycles. The Balaban J connectivity index is 2.29. The maximum Gasteiger partial charge on any atom is 0.293 e. The fourth-order valence-corrected chi connectivity index (χ4v) is 1.83. The highest BCUT2D eigenvalue weighted by atomic mass is 16.1. The van der Waals surface area contributed by atoms with Gasteiger partial charge in [0.05, 0.1) is 0 Å². The number of aromatic nitrogens is 2. The van der Waals surface area contributed by atoms with E-state index >= 15 is 0 Å². The summed E-state index contributed by atoms with van der Waals surface area (Å²) < 4.78 is 1.56. The molecule has 0 saturated carbocycles. The van der Waals surface area contributed by atoms with E-state index in [4.69, 9.17) is 0 Å². The number of nitrogens with zero attached hydrogens (tertiary/aromatic N) is 3. The number of rotatable bonds is 1. The van der Waals surface area contributed by atoms with Crippen LogP contribution in [-0.4, -0.2) is 35.2 Å². The topological polar surface area (TPSA) is 50.2 Å². The van der Waals surface area contributed by atoms with Gasteiger partial charge in [-0.25, -0.2) is 4.98 Å². The molecule has 0 aliphatic carbocycles. The molecule has 1 N–H and O–H groups in total. The zero-order valence-electron chi connectivity index (χ0n) is 9.10. The maximum absolute atomic E-state index is 11.8. The van der Waals surface area contributed by atoms with E-state index in [0.29, 0.717) is 11.9 Å². The molecule has 1 aliphatic heterocycles. The molecule has 1 unspecified atom stereocenters. The molecule has 0 spiro atoms. The third kappa shape index (κ3) is 2.02. The summed E-state index contributed by atoms with van der Waals surface area (Å²) in [6, 6.07) is 0.408. The van der Waals surface area contributed by atoms with E-state index in [1.807, 2.05) is 4.90 Å². The van der Waals surface area contributed by atoms with Gasteiger partial charge in [0, 0.05) is 45.1 Å². The molecule has 1 aliphatic rings. The normalized spacial score (nSPS) is 21.7. The molecule has 1 fully saturated rings. The number of anilines is 1. The molecule has 2 heterocycles. The van der Waals surface area contributed by atoms with Crippen LogP contribution in [0.15, 0.2) is 17.2 Å². The Morgan fingerprint density at radius 1 is 1.60 bits per heavy atom. The summed E-state index contributed by atoms with van der Waals surface area (Å²) in [6.07, 6.45) is 3.35. The lowest BCUT2D eigenvalue weighted by atomic mass is 10.2. The minimum Gasteiger partial charge on any atom is -0.349 e. The van der Waals surface area contributed by atoms with Crippen molar-refractivity contribution in [1.29, 1.82) is 0 Å². The van der Waals surface area contributed by atoms with Gasteiger partial charge in [-0.05, 0) is 6.92 Å². The van der Waals surface area contributed by atoms with Gasteiger partial charge in [0.15, 0.2) is 5.82 Å². The molecule has 2 rings (SSSR count). The van der Waals surface area contributed by atoms with E-state index in [1.165, 1.54) is 0 Å². The minimum absolute atomic E-state index is 0.0217. The van der Waals surface area contributed by atoms with Crippen LogP contribution < -0.4 is 15.8 Å². The quantitative estimate of drug-likeness (QED) is 0.681. The Bertz CT molecular complexity index is 401. The monoisotopic (exact) mass is 208 g/mol. The third-order valence-corrected chi connectivity index (χ3v) is 2.67. The van der Waals surface area contributed by atoms with Crippen molar-refractivity contribution >= 4 is 5.82 Å².